The summed E-state index contributed by atoms with van der Waals surface area (Å²) in [6.45, 7) is 5.77. The van der Waals surface area contributed by atoms with E-state index in [0.29, 0.717) is 10.5 Å². The smallest absolute Gasteiger partial charge is 0.339 e. The maximum atomic E-state index is 12.7. The zero-order valence-electron chi connectivity index (χ0n) is 18.8. The van der Waals surface area contributed by atoms with Crippen molar-refractivity contribution in [1.29, 1.82) is 0 Å². The van der Waals surface area contributed by atoms with Gasteiger partial charge in [-0.1, -0.05) is 29.8 Å². The van der Waals surface area contributed by atoms with Gasteiger partial charge in [0.2, 0.25) is 5.91 Å². The molecule has 3 rings (SSSR count). The van der Waals surface area contributed by atoms with Crippen LogP contribution in [0.4, 0.5) is 5.69 Å². The molecule has 2 amide bonds. The van der Waals surface area contributed by atoms with E-state index in [0.717, 1.165) is 30.5 Å². The average Bonchev–Trinajstić information content (AvgIpc) is 2.77. The van der Waals surface area contributed by atoms with Crippen LogP contribution in [-0.2, 0) is 14.3 Å². The van der Waals surface area contributed by atoms with Crippen molar-refractivity contribution >= 4 is 35.2 Å². The number of likely N-dealkylation sites (tertiary alicyclic amines) is 1. The minimum Gasteiger partial charge on any atom is -0.452 e. The first-order chi connectivity index (χ1) is 15.3. The molecule has 7 heteroatoms. The van der Waals surface area contributed by atoms with Crippen molar-refractivity contribution in [3.63, 3.8) is 0 Å². The van der Waals surface area contributed by atoms with Crippen molar-refractivity contribution in [2.75, 3.05) is 17.7 Å². The first-order valence-corrected chi connectivity index (χ1v) is 11.9. The molecule has 1 heterocycles. The molecule has 0 aliphatic carbocycles. The Hall–Kier alpha value is -2.80. The van der Waals surface area contributed by atoms with E-state index < -0.39 is 5.97 Å². The summed E-state index contributed by atoms with van der Waals surface area (Å²) in [5.41, 5.74) is 2.20. The number of rotatable bonds is 7. The fourth-order valence-electron chi connectivity index (χ4n) is 3.93. The summed E-state index contributed by atoms with van der Waals surface area (Å²) in [5.74, 6) is -0.733. The number of anilines is 1. The highest BCUT2D eigenvalue weighted by molar-refractivity contribution is 8.00. The molecule has 1 saturated heterocycles. The molecule has 1 aliphatic rings. The van der Waals surface area contributed by atoms with Gasteiger partial charge >= 0.3 is 5.97 Å². The second kappa shape index (κ2) is 11.2. The van der Waals surface area contributed by atoms with Crippen molar-refractivity contribution in [3.05, 3.63) is 59.7 Å². The molecule has 6 nitrogen and oxygen atoms in total. The number of thioether (sulfide) groups is 1. The third-order valence-electron chi connectivity index (χ3n) is 5.61. The average molecular weight is 455 g/mol. The Morgan fingerprint density at radius 1 is 1.03 bits per heavy atom. The molecular weight excluding hydrogens is 424 g/mol. The van der Waals surface area contributed by atoms with Gasteiger partial charge in [0.1, 0.15) is 0 Å². The van der Waals surface area contributed by atoms with Crippen molar-refractivity contribution in [2.24, 2.45) is 0 Å². The van der Waals surface area contributed by atoms with Crippen molar-refractivity contribution in [2.45, 2.75) is 57.0 Å². The zero-order chi connectivity index (χ0) is 23.1. The number of hydrogen-bond donors (Lipinski definition) is 1. The van der Waals surface area contributed by atoms with E-state index in [4.69, 9.17) is 4.74 Å². The Morgan fingerprint density at radius 3 is 2.38 bits per heavy atom. The number of aryl methyl sites for hydroxylation is 1. The van der Waals surface area contributed by atoms with Crippen LogP contribution in [0.3, 0.4) is 0 Å². The standard InChI is InChI=1S/C25H30N2O4S/c1-17-11-13-20(14-12-17)26-23(28)16-32-22-10-5-4-9-21(22)25(30)31-15-24(29)27-18(2)7-6-8-19(27)3/h4-5,9-14,18-19H,6-8,15-16H2,1-3H3,(H,26,28)/t18-,19+. The molecule has 0 bridgehead atoms. The number of benzene rings is 2. The molecule has 1 N–H and O–H groups in total. The second-order valence-electron chi connectivity index (χ2n) is 8.21. The lowest BCUT2D eigenvalue weighted by Crippen LogP contribution is -2.49. The Kier molecular flexibility index (Phi) is 8.33. The summed E-state index contributed by atoms with van der Waals surface area (Å²) in [7, 11) is 0. The highest BCUT2D eigenvalue weighted by Gasteiger charge is 2.29. The number of ether oxygens (including phenoxy) is 1. The summed E-state index contributed by atoms with van der Waals surface area (Å²) in [6.07, 6.45) is 3.04. The summed E-state index contributed by atoms with van der Waals surface area (Å²) in [5, 5.41) is 2.85. The molecule has 0 aromatic heterocycles. The summed E-state index contributed by atoms with van der Waals surface area (Å²) >= 11 is 1.26. The van der Waals surface area contributed by atoms with Gasteiger partial charge in [0.05, 0.1) is 11.3 Å². The van der Waals surface area contributed by atoms with Crippen LogP contribution in [0.5, 0.6) is 0 Å². The maximum absolute atomic E-state index is 12.7. The van der Waals surface area contributed by atoms with Crippen molar-refractivity contribution in [3.8, 4) is 0 Å². The quantitative estimate of drug-likeness (QED) is 0.486. The molecule has 0 unspecified atom stereocenters. The van der Waals surface area contributed by atoms with E-state index in [2.05, 4.69) is 5.32 Å². The number of nitrogens with zero attached hydrogens (tertiary/aromatic N) is 1. The molecule has 1 aliphatic heterocycles. The minimum absolute atomic E-state index is 0.153. The van der Waals surface area contributed by atoms with Crippen LogP contribution in [0.15, 0.2) is 53.4 Å². The van der Waals surface area contributed by atoms with E-state index in [1.54, 1.807) is 24.3 Å². The van der Waals surface area contributed by atoms with Gasteiger partial charge in [-0.05, 0) is 64.3 Å². The monoisotopic (exact) mass is 454 g/mol. The van der Waals surface area contributed by atoms with Crippen LogP contribution in [-0.4, -0.2) is 47.1 Å². The number of carbonyl (C=O) groups is 3. The topological polar surface area (TPSA) is 75.7 Å². The van der Waals surface area contributed by atoms with Crippen LogP contribution < -0.4 is 5.32 Å². The first-order valence-electron chi connectivity index (χ1n) is 10.9. The van der Waals surface area contributed by atoms with E-state index in [1.165, 1.54) is 11.8 Å². The lowest BCUT2D eigenvalue weighted by Gasteiger charge is -2.38. The van der Waals surface area contributed by atoms with E-state index >= 15 is 0 Å². The van der Waals surface area contributed by atoms with E-state index in [-0.39, 0.29) is 36.3 Å². The Labute approximate surface area is 193 Å². The number of esters is 1. The predicted octanol–water partition coefficient (Wildman–Crippen LogP) is 4.67. The molecule has 0 saturated carbocycles. The minimum atomic E-state index is -0.558. The summed E-state index contributed by atoms with van der Waals surface area (Å²) in [4.78, 5) is 40.1. The van der Waals surface area contributed by atoms with Crippen LogP contribution in [0, 0.1) is 6.92 Å². The van der Waals surface area contributed by atoms with Crippen LogP contribution in [0.2, 0.25) is 0 Å². The van der Waals surface area contributed by atoms with Gasteiger partial charge in [0, 0.05) is 22.7 Å². The molecule has 170 valence electrons. The Morgan fingerprint density at radius 2 is 1.69 bits per heavy atom. The highest BCUT2D eigenvalue weighted by Crippen LogP contribution is 2.25. The SMILES string of the molecule is Cc1ccc(NC(=O)CSc2ccccc2C(=O)OCC(=O)N2[C@H](C)CCC[C@@H]2C)cc1. The normalized spacial score (nSPS) is 18.2. The van der Waals surface area contributed by atoms with Crippen molar-refractivity contribution in [1.82, 2.24) is 4.90 Å². The highest BCUT2D eigenvalue weighted by atomic mass is 32.2. The molecule has 0 spiro atoms. The van der Waals surface area contributed by atoms with Gasteiger partial charge in [-0.2, -0.15) is 0 Å². The first kappa shape index (κ1) is 23.9. The van der Waals surface area contributed by atoms with Gasteiger partial charge in [-0.25, -0.2) is 4.79 Å². The maximum Gasteiger partial charge on any atom is 0.339 e. The second-order valence-corrected chi connectivity index (χ2v) is 9.22. The van der Waals surface area contributed by atoms with Crippen LogP contribution in [0.25, 0.3) is 0 Å². The number of nitrogens with one attached hydrogen (secondary N) is 1. The van der Waals surface area contributed by atoms with Crippen molar-refractivity contribution < 1.29 is 19.1 Å². The number of carbonyl (C=O) groups excluding carboxylic acids is 3. The Balaban J connectivity index is 1.55. The van der Waals surface area contributed by atoms with Gasteiger partial charge < -0.3 is 15.0 Å². The molecular formula is C25H30N2O4S. The molecule has 2 aromatic rings. The summed E-state index contributed by atoms with van der Waals surface area (Å²) in [6, 6.07) is 14.8. The number of hydrogen-bond acceptors (Lipinski definition) is 5. The molecule has 2 aromatic carbocycles. The predicted molar refractivity (Wildman–Crippen MR) is 127 cm³/mol. The molecule has 2 atom stereocenters. The van der Waals surface area contributed by atoms with Gasteiger partial charge in [-0.3, -0.25) is 9.59 Å². The zero-order valence-corrected chi connectivity index (χ0v) is 19.6. The van der Waals surface area contributed by atoms with Gasteiger partial charge in [0.15, 0.2) is 6.61 Å². The fraction of sp³-hybridized carbons (Fsp3) is 0.400. The third-order valence-corrected chi connectivity index (χ3v) is 6.68. The number of piperidine rings is 1. The number of amides is 2. The van der Waals surface area contributed by atoms with Gasteiger partial charge in [-0.15, -0.1) is 11.8 Å². The molecule has 0 radical (unpaired) electrons. The van der Waals surface area contributed by atoms with E-state index in [1.807, 2.05) is 49.9 Å². The van der Waals surface area contributed by atoms with Crippen LogP contribution >= 0.6 is 11.8 Å². The molecule has 32 heavy (non-hydrogen) atoms. The largest absolute Gasteiger partial charge is 0.452 e. The Bertz CT molecular complexity index is 951. The fourth-order valence-corrected chi connectivity index (χ4v) is 4.77. The summed E-state index contributed by atoms with van der Waals surface area (Å²) < 4.78 is 5.35. The lowest BCUT2D eigenvalue weighted by molar-refractivity contribution is -0.140. The third kappa shape index (κ3) is 6.36. The lowest BCUT2D eigenvalue weighted by atomic mass is 9.97. The van der Waals surface area contributed by atoms with Gasteiger partial charge in [0.25, 0.3) is 5.91 Å². The molecule has 1 fully saturated rings. The van der Waals surface area contributed by atoms with E-state index in [9.17, 15) is 14.4 Å². The van der Waals surface area contributed by atoms with Crippen LogP contribution in [0.1, 0.15) is 49.0 Å².